The number of hydrogen-bond donors (Lipinski definition) is 3. The SMILES string of the molecule is O=C(Nc1nccs1)C(CC(=O)c1ccc(Cl)cc1)=NNC(=O)c1ccccc1Nc1ccccc1. The van der Waals surface area contributed by atoms with Gasteiger partial charge in [-0.25, -0.2) is 10.4 Å². The molecular formula is C26H20ClN5O3S. The highest BCUT2D eigenvalue weighted by Crippen LogP contribution is 2.21. The van der Waals surface area contributed by atoms with Crippen LogP contribution < -0.4 is 16.1 Å². The number of ketones is 1. The zero-order valence-corrected chi connectivity index (χ0v) is 20.3. The van der Waals surface area contributed by atoms with E-state index < -0.39 is 11.8 Å². The fourth-order valence-electron chi connectivity index (χ4n) is 3.16. The molecule has 1 aromatic heterocycles. The first-order valence-electron chi connectivity index (χ1n) is 10.8. The smallest absolute Gasteiger partial charge is 0.274 e. The lowest BCUT2D eigenvalue weighted by molar-refractivity contribution is -0.110. The second-order valence-electron chi connectivity index (χ2n) is 7.43. The van der Waals surface area contributed by atoms with Crippen molar-refractivity contribution in [2.75, 3.05) is 10.6 Å². The average Bonchev–Trinajstić information content (AvgIpc) is 3.40. The van der Waals surface area contributed by atoms with Gasteiger partial charge in [-0.2, -0.15) is 5.10 Å². The summed E-state index contributed by atoms with van der Waals surface area (Å²) in [6.45, 7) is 0. The Hall–Kier alpha value is -4.34. The number of benzene rings is 3. The standard InChI is InChI=1S/C26H20ClN5O3S/c27-18-12-10-17(11-13-18)23(33)16-22(25(35)30-26-28-14-15-36-26)31-32-24(34)20-8-4-5-9-21(20)29-19-6-2-1-3-7-19/h1-15,29H,16H2,(H,32,34)(H,28,30,35). The van der Waals surface area contributed by atoms with Crippen molar-refractivity contribution in [1.82, 2.24) is 10.4 Å². The van der Waals surface area contributed by atoms with Gasteiger partial charge in [0.25, 0.3) is 11.8 Å². The second-order valence-corrected chi connectivity index (χ2v) is 8.77. The molecule has 0 bridgehead atoms. The summed E-state index contributed by atoms with van der Waals surface area (Å²) in [4.78, 5) is 42.7. The topological polar surface area (TPSA) is 113 Å². The Morgan fingerprint density at radius 3 is 2.36 bits per heavy atom. The van der Waals surface area contributed by atoms with Crippen LogP contribution in [0.15, 0.2) is 95.5 Å². The van der Waals surface area contributed by atoms with Crippen LogP contribution in [0, 0.1) is 0 Å². The average molecular weight is 518 g/mol. The highest BCUT2D eigenvalue weighted by atomic mass is 35.5. The summed E-state index contributed by atoms with van der Waals surface area (Å²) in [5.41, 5.74) is 4.27. The number of hydrogen-bond acceptors (Lipinski definition) is 7. The first-order chi connectivity index (χ1) is 17.5. The number of nitrogens with zero attached hydrogens (tertiary/aromatic N) is 2. The van der Waals surface area contributed by atoms with Crippen LogP contribution in [0.5, 0.6) is 0 Å². The molecular weight excluding hydrogens is 498 g/mol. The third-order valence-corrected chi connectivity index (χ3v) is 5.87. The monoisotopic (exact) mass is 517 g/mol. The number of hydrazone groups is 1. The van der Waals surface area contributed by atoms with Crippen LogP contribution in [-0.2, 0) is 4.79 Å². The number of Topliss-reactive ketones (excluding diaryl/α,β-unsaturated/α-hetero) is 1. The highest BCUT2D eigenvalue weighted by molar-refractivity contribution is 7.13. The summed E-state index contributed by atoms with van der Waals surface area (Å²) >= 11 is 7.12. The van der Waals surface area contributed by atoms with E-state index in [2.05, 4.69) is 26.1 Å². The first kappa shape index (κ1) is 24.8. The summed E-state index contributed by atoms with van der Waals surface area (Å²) in [5, 5.41) is 12.3. The largest absolute Gasteiger partial charge is 0.355 e. The number of nitrogens with one attached hydrogen (secondary N) is 3. The molecule has 8 nitrogen and oxygen atoms in total. The number of carbonyl (C=O) groups is 3. The maximum Gasteiger partial charge on any atom is 0.274 e. The Kier molecular flexibility index (Phi) is 8.17. The summed E-state index contributed by atoms with van der Waals surface area (Å²) in [7, 11) is 0. The molecule has 3 aromatic carbocycles. The van der Waals surface area contributed by atoms with E-state index in [-0.39, 0.29) is 17.9 Å². The molecule has 0 aliphatic rings. The summed E-state index contributed by atoms with van der Waals surface area (Å²) < 4.78 is 0. The Balaban J connectivity index is 1.55. The van der Waals surface area contributed by atoms with E-state index in [4.69, 9.17) is 11.6 Å². The van der Waals surface area contributed by atoms with Gasteiger partial charge in [0.2, 0.25) is 0 Å². The second kappa shape index (κ2) is 11.9. The summed E-state index contributed by atoms with van der Waals surface area (Å²) in [5.74, 6) is -1.56. The van der Waals surface area contributed by atoms with Crippen molar-refractivity contribution < 1.29 is 14.4 Å². The van der Waals surface area contributed by atoms with Crippen LogP contribution in [0.3, 0.4) is 0 Å². The van der Waals surface area contributed by atoms with Crippen LogP contribution in [0.1, 0.15) is 27.1 Å². The quantitative estimate of drug-likeness (QED) is 0.153. The van der Waals surface area contributed by atoms with Crippen LogP contribution in [0.4, 0.5) is 16.5 Å². The molecule has 4 aromatic rings. The lowest BCUT2D eigenvalue weighted by Crippen LogP contribution is -2.29. The number of rotatable bonds is 9. The molecule has 4 rings (SSSR count). The van der Waals surface area contributed by atoms with E-state index in [1.807, 2.05) is 30.3 Å². The van der Waals surface area contributed by atoms with E-state index in [9.17, 15) is 14.4 Å². The van der Waals surface area contributed by atoms with Gasteiger partial charge in [-0.15, -0.1) is 11.3 Å². The third-order valence-electron chi connectivity index (χ3n) is 4.93. The van der Waals surface area contributed by atoms with Crippen LogP contribution in [0.2, 0.25) is 5.02 Å². The minimum absolute atomic E-state index is 0.174. The normalized spacial score (nSPS) is 11.0. The van der Waals surface area contributed by atoms with Gasteiger partial charge in [-0.1, -0.05) is 41.9 Å². The highest BCUT2D eigenvalue weighted by Gasteiger charge is 2.20. The number of anilines is 3. The predicted molar refractivity (Wildman–Crippen MR) is 142 cm³/mol. The lowest BCUT2D eigenvalue weighted by atomic mass is 10.1. The number of aromatic nitrogens is 1. The molecule has 0 unspecified atom stereocenters. The van der Waals surface area contributed by atoms with E-state index in [0.717, 1.165) is 5.69 Å². The van der Waals surface area contributed by atoms with Gasteiger partial charge in [-0.05, 0) is 48.5 Å². The molecule has 0 saturated carbocycles. The van der Waals surface area contributed by atoms with Crippen molar-refractivity contribution in [2.45, 2.75) is 6.42 Å². The maximum absolute atomic E-state index is 13.0. The molecule has 2 amide bonds. The zero-order valence-electron chi connectivity index (χ0n) is 18.8. The van der Waals surface area contributed by atoms with Gasteiger partial charge < -0.3 is 5.32 Å². The predicted octanol–water partition coefficient (Wildman–Crippen LogP) is 5.54. The number of para-hydroxylation sites is 2. The van der Waals surface area contributed by atoms with Gasteiger partial charge in [0.15, 0.2) is 10.9 Å². The van der Waals surface area contributed by atoms with Crippen LogP contribution in [0.25, 0.3) is 0 Å². The van der Waals surface area contributed by atoms with Gasteiger partial charge in [-0.3, -0.25) is 19.7 Å². The van der Waals surface area contributed by atoms with Crippen molar-refractivity contribution in [3.8, 4) is 0 Å². The molecule has 36 heavy (non-hydrogen) atoms. The Labute approximate surface area is 216 Å². The van der Waals surface area contributed by atoms with Crippen molar-refractivity contribution in [3.05, 3.63) is 107 Å². The molecule has 0 atom stereocenters. The van der Waals surface area contributed by atoms with E-state index in [0.29, 0.717) is 27.0 Å². The van der Waals surface area contributed by atoms with E-state index in [1.54, 1.807) is 53.9 Å². The fraction of sp³-hybridized carbons (Fsp3) is 0.0385. The number of carbonyl (C=O) groups excluding carboxylic acids is 3. The molecule has 0 fully saturated rings. The van der Waals surface area contributed by atoms with E-state index >= 15 is 0 Å². The Morgan fingerprint density at radius 1 is 0.917 bits per heavy atom. The van der Waals surface area contributed by atoms with Crippen LogP contribution >= 0.6 is 22.9 Å². The molecule has 0 saturated heterocycles. The summed E-state index contributed by atoms with van der Waals surface area (Å²) in [6, 6.07) is 22.6. The Morgan fingerprint density at radius 2 is 1.64 bits per heavy atom. The molecule has 0 spiro atoms. The zero-order chi connectivity index (χ0) is 25.3. The minimum atomic E-state index is -0.650. The van der Waals surface area contributed by atoms with Crippen molar-refractivity contribution >= 4 is 62.8 Å². The van der Waals surface area contributed by atoms with Crippen molar-refractivity contribution in [2.24, 2.45) is 5.10 Å². The van der Waals surface area contributed by atoms with Crippen LogP contribution in [-0.4, -0.2) is 28.3 Å². The molecule has 10 heteroatoms. The molecule has 1 heterocycles. The number of halogens is 1. The van der Waals surface area contributed by atoms with E-state index in [1.165, 1.54) is 17.5 Å². The molecule has 0 aliphatic carbocycles. The molecule has 180 valence electrons. The maximum atomic E-state index is 13.0. The fourth-order valence-corrected chi connectivity index (χ4v) is 3.81. The first-order valence-corrected chi connectivity index (χ1v) is 12.0. The lowest BCUT2D eigenvalue weighted by Gasteiger charge is -2.11. The summed E-state index contributed by atoms with van der Waals surface area (Å²) in [6.07, 6.45) is 1.19. The number of thiazole rings is 1. The van der Waals surface area contributed by atoms with Gasteiger partial charge in [0.1, 0.15) is 5.71 Å². The van der Waals surface area contributed by atoms with Gasteiger partial charge in [0, 0.05) is 27.9 Å². The van der Waals surface area contributed by atoms with Gasteiger partial charge >= 0.3 is 0 Å². The molecule has 0 aliphatic heterocycles. The number of amides is 2. The van der Waals surface area contributed by atoms with Crippen molar-refractivity contribution in [3.63, 3.8) is 0 Å². The molecule has 0 radical (unpaired) electrons. The van der Waals surface area contributed by atoms with Crippen molar-refractivity contribution in [1.29, 1.82) is 0 Å². The Bertz CT molecular complexity index is 1390. The molecule has 3 N–H and O–H groups in total. The van der Waals surface area contributed by atoms with Gasteiger partial charge in [0.05, 0.1) is 17.7 Å². The third kappa shape index (κ3) is 6.62. The minimum Gasteiger partial charge on any atom is -0.355 e.